The first kappa shape index (κ1) is 19.3. The lowest BCUT2D eigenvalue weighted by Crippen LogP contribution is -2.49. The van der Waals surface area contributed by atoms with E-state index in [4.69, 9.17) is 9.47 Å². The zero-order chi connectivity index (χ0) is 20.2. The van der Waals surface area contributed by atoms with Crippen molar-refractivity contribution in [2.24, 2.45) is 0 Å². The van der Waals surface area contributed by atoms with Crippen LogP contribution in [0.4, 0.5) is 5.69 Å². The minimum atomic E-state index is -0.448. The van der Waals surface area contributed by atoms with Crippen molar-refractivity contribution in [2.75, 3.05) is 44.8 Å². The Bertz CT molecular complexity index is 974. The first-order valence-corrected chi connectivity index (χ1v) is 10.3. The van der Waals surface area contributed by atoms with E-state index in [0.717, 1.165) is 34.6 Å². The number of rotatable bonds is 5. The molecule has 0 radical (unpaired) electrons. The number of benzene rings is 2. The standard InChI is InChI=1S/C22H22N2O4S/c1-27-18-8-6-17(7-9-18)23-10-12-24(13-11-23)21(25)15-28-22(26)20-14-16-4-2-3-5-19(16)29-20/h2-9,14H,10-13,15H2,1H3. The average molecular weight is 410 g/mol. The molecule has 0 aliphatic carbocycles. The van der Waals surface area contributed by atoms with E-state index in [0.29, 0.717) is 18.0 Å². The fraction of sp³-hybridized carbons (Fsp3) is 0.273. The Labute approximate surface area is 173 Å². The molecule has 2 aromatic carbocycles. The summed E-state index contributed by atoms with van der Waals surface area (Å²) in [6, 6.07) is 17.5. The number of thiophene rings is 1. The second kappa shape index (κ2) is 8.53. The van der Waals surface area contributed by atoms with Gasteiger partial charge in [0.05, 0.1) is 7.11 Å². The molecule has 1 saturated heterocycles. The number of carbonyl (C=O) groups is 2. The van der Waals surface area contributed by atoms with E-state index in [1.165, 1.54) is 11.3 Å². The fourth-order valence-electron chi connectivity index (χ4n) is 3.38. The Balaban J connectivity index is 1.27. The minimum absolute atomic E-state index is 0.158. The molecule has 1 fully saturated rings. The molecule has 4 rings (SSSR count). The lowest BCUT2D eigenvalue weighted by Gasteiger charge is -2.36. The topological polar surface area (TPSA) is 59.1 Å². The molecule has 6 nitrogen and oxygen atoms in total. The van der Waals surface area contributed by atoms with Crippen molar-refractivity contribution in [3.05, 3.63) is 59.5 Å². The smallest absolute Gasteiger partial charge is 0.348 e. The fourth-order valence-corrected chi connectivity index (χ4v) is 4.34. The Morgan fingerprint density at radius 1 is 1.00 bits per heavy atom. The van der Waals surface area contributed by atoms with Crippen molar-refractivity contribution < 1.29 is 19.1 Å². The highest BCUT2D eigenvalue weighted by Gasteiger charge is 2.23. The van der Waals surface area contributed by atoms with E-state index < -0.39 is 5.97 Å². The highest BCUT2D eigenvalue weighted by Crippen LogP contribution is 2.26. The van der Waals surface area contributed by atoms with Gasteiger partial charge in [0.25, 0.3) is 5.91 Å². The molecular formula is C22H22N2O4S. The molecule has 0 spiro atoms. The van der Waals surface area contributed by atoms with Crippen molar-refractivity contribution in [3.8, 4) is 5.75 Å². The Morgan fingerprint density at radius 3 is 2.41 bits per heavy atom. The van der Waals surface area contributed by atoms with E-state index >= 15 is 0 Å². The van der Waals surface area contributed by atoms with Crippen LogP contribution in [-0.2, 0) is 9.53 Å². The van der Waals surface area contributed by atoms with Crippen LogP contribution in [0.1, 0.15) is 9.67 Å². The predicted octanol–water partition coefficient (Wildman–Crippen LogP) is 3.42. The van der Waals surface area contributed by atoms with Gasteiger partial charge in [0.2, 0.25) is 0 Å². The number of nitrogens with zero attached hydrogens (tertiary/aromatic N) is 2. The summed E-state index contributed by atoms with van der Waals surface area (Å²) in [6.45, 7) is 2.46. The lowest BCUT2D eigenvalue weighted by molar-refractivity contribution is -0.134. The number of carbonyl (C=O) groups excluding carboxylic acids is 2. The first-order chi connectivity index (χ1) is 14.1. The molecule has 3 aromatic rings. The second-order valence-electron chi connectivity index (χ2n) is 6.79. The van der Waals surface area contributed by atoms with Gasteiger partial charge in [-0.3, -0.25) is 4.79 Å². The van der Waals surface area contributed by atoms with Gasteiger partial charge in [-0.05, 0) is 41.8 Å². The Kier molecular flexibility index (Phi) is 5.67. The van der Waals surface area contributed by atoms with Gasteiger partial charge in [-0.2, -0.15) is 0 Å². The number of methoxy groups -OCH3 is 1. The Hall–Kier alpha value is -3.06. The van der Waals surface area contributed by atoms with Gasteiger partial charge < -0.3 is 19.3 Å². The van der Waals surface area contributed by atoms with Crippen LogP contribution < -0.4 is 9.64 Å². The number of hydrogen-bond donors (Lipinski definition) is 0. The number of fused-ring (bicyclic) bond motifs is 1. The van der Waals surface area contributed by atoms with Crippen LogP contribution in [0.15, 0.2) is 54.6 Å². The van der Waals surface area contributed by atoms with Crippen LogP contribution in [0.5, 0.6) is 5.75 Å². The van der Waals surface area contributed by atoms with E-state index in [-0.39, 0.29) is 12.5 Å². The molecule has 0 atom stereocenters. The van der Waals surface area contributed by atoms with E-state index in [2.05, 4.69) is 4.90 Å². The van der Waals surface area contributed by atoms with E-state index in [1.807, 2.05) is 48.5 Å². The van der Waals surface area contributed by atoms with Crippen molar-refractivity contribution >= 4 is 39.0 Å². The summed E-state index contributed by atoms with van der Waals surface area (Å²) in [7, 11) is 1.65. The van der Waals surface area contributed by atoms with Gasteiger partial charge in [0.15, 0.2) is 6.61 Å². The molecule has 0 bridgehead atoms. The summed E-state index contributed by atoms with van der Waals surface area (Å²) in [5.41, 5.74) is 1.11. The molecule has 1 aliphatic rings. The maximum absolute atomic E-state index is 12.4. The maximum Gasteiger partial charge on any atom is 0.348 e. The van der Waals surface area contributed by atoms with Gasteiger partial charge >= 0.3 is 5.97 Å². The van der Waals surface area contributed by atoms with Crippen molar-refractivity contribution in [1.82, 2.24) is 4.90 Å². The number of hydrogen-bond acceptors (Lipinski definition) is 6. The van der Waals surface area contributed by atoms with Crippen LogP contribution in [0.3, 0.4) is 0 Å². The summed E-state index contributed by atoms with van der Waals surface area (Å²) in [4.78, 5) is 29.2. The maximum atomic E-state index is 12.4. The molecule has 1 amide bonds. The van der Waals surface area contributed by atoms with Gasteiger partial charge in [0, 0.05) is 36.6 Å². The third-order valence-electron chi connectivity index (χ3n) is 5.02. The van der Waals surface area contributed by atoms with Crippen LogP contribution in [0.25, 0.3) is 10.1 Å². The molecule has 7 heteroatoms. The lowest BCUT2D eigenvalue weighted by atomic mass is 10.2. The van der Waals surface area contributed by atoms with Gasteiger partial charge in [-0.15, -0.1) is 11.3 Å². The molecule has 1 aliphatic heterocycles. The highest BCUT2D eigenvalue weighted by atomic mass is 32.1. The van der Waals surface area contributed by atoms with Gasteiger partial charge in [0.1, 0.15) is 10.6 Å². The number of ether oxygens (including phenoxy) is 2. The summed E-state index contributed by atoms with van der Waals surface area (Å²) in [5, 5.41) is 1.01. The van der Waals surface area contributed by atoms with Crippen molar-refractivity contribution in [1.29, 1.82) is 0 Å². The average Bonchev–Trinajstić information content (AvgIpc) is 3.22. The van der Waals surface area contributed by atoms with Crippen LogP contribution in [0, 0.1) is 0 Å². The zero-order valence-corrected chi connectivity index (χ0v) is 17.0. The minimum Gasteiger partial charge on any atom is -0.497 e. The number of esters is 1. The van der Waals surface area contributed by atoms with Crippen LogP contribution in [-0.4, -0.2) is 56.7 Å². The number of anilines is 1. The molecule has 0 N–H and O–H groups in total. The monoisotopic (exact) mass is 410 g/mol. The van der Waals surface area contributed by atoms with Gasteiger partial charge in [-0.25, -0.2) is 4.79 Å². The normalized spacial score (nSPS) is 14.1. The first-order valence-electron chi connectivity index (χ1n) is 9.46. The largest absolute Gasteiger partial charge is 0.497 e. The molecular weight excluding hydrogens is 388 g/mol. The Morgan fingerprint density at radius 2 is 1.72 bits per heavy atom. The van der Waals surface area contributed by atoms with Gasteiger partial charge in [-0.1, -0.05) is 18.2 Å². The molecule has 0 saturated carbocycles. The van der Waals surface area contributed by atoms with E-state index in [1.54, 1.807) is 18.1 Å². The molecule has 0 unspecified atom stereocenters. The summed E-state index contributed by atoms with van der Waals surface area (Å²) < 4.78 is 11.5. The quantitative estimate of drug-likeness (QED) is 0.604. The predicted molar refractivity (Wildman–Crippen MR) is 114 cm³/mol. The molecule has 2 heterocycles. The zero-order valence-electron chi connectivity index (χ0n) is 16.2. The second-order valence-corrected chi connectivity index (χ2v) is 7.87. The summed E-state index contributed by atoms with van der Waals surface area (Å²) in [6.07, 6.45) is 0. The molecule has 1 aromatic heterocycles. The third-order valence-corrected chi connectivity index (χ3v) is 6.12. The third kappa shape index (κ3) is 4.35. The highest BCUT2D eigenvalue weighted by molar-refractivity contribution is 7.20. The molecule has 29 heavy (non-hydrogen) atoms. The van der Waals surface area contributed by atoms with Crippen LogP contribution in [0.2, 0.25) is 0 Å². The van der Waals surface area contributed by atoms with Crippen LogP contribution >= 0.6 is 11.3 Å². The van der Waals surface area contributed by atoms with Crippen molar-refractivity contribution in [3.63, 3.8) is 0 Å². The number of amides is 1. The summed E-state index contributed by atoms with van der Waals surface area (Å²) in [5.74, 6) is 0.216. The number of piperazine rings is 1. The molecule has 150 valence electrons. The SMILES string of the molecule is COc1ccc(N2CCN(C(=O)COC(=O)c3cc4ccccc4s3)CC2)cc1. The summed E-state index contributed by atoms with van der Waals surface area (Å²) >= 11 is 1.38. The van der Waals surface area contributed by atoms with Crippen molar-refractivity contribution in [2.45, 2.75) is 0 Å². The van der Waals surface area contributed by atoms with E-state index in [9.17, 15) is 9.59 Å².